The van der Waals surface area contributed by atoms with Gasteiger partial charge in [-0.05, 0) is 29.8 Å². The van der Waals surface area contributed by atoms with Gasteiger partial charge in [-0.1, -0.05) is 35.3 Å². The molecule has 1 saturated heterocycles. The molecule has 0 radical (unpaired) electrons. The van der Waals surface area contributed by atoms with Crippen molar-refractivity contribution in [2.24, 2.45) is 0 Å². The van der Waals surface area contributed by atoms with Gasteiger partial charge in [0.1, 0.15) is 10.8 Å². The van der Waals surface area contributed by atoms with Crippen LogP contribution in [0.4, 0.5) is 0 Å². The number of carbonyl (C=O) groups is 2. The number of likely N-dealkylation sites (tertiary alicyclic amines) is 1. The number of benzene rings is 1. The molecular weight excluding hydrogens is 481 g/mol. The lowest BCUT2D eigenvalue weighted by Crippen LogP contribution is -2.29. The maximum Gasteiger partial charge on any atom is 0.296 e. The number of amides is 1. The molecule has 1 unspecified atom stereocenters. The van der Waals surface area contributed by atoms with E-state index in [1.165, 1.54) is 31.4 Å². The third kappa shape index (κ3) is 4.06. The van der Waals surface area contributed by atoms with Crippen molar-refractivity contribution in [3.8, 4) is 11.5 Å². The first kappa shape index (κ1) is 23.5. The van der Waals surface area contributed by atoms with Crippen LogP contribution in [0.2, 0.25) is 10.0 Å². The second-order valence-electron chi connectivity index (χ2n) is 7.32. The fourth-order valence-corrected chi connectivity index (χ4v) is 4.57. The Kier molecular flexibility index (Phi) is 6.72. The van der Waals surface area contributed by atoms with Gasteiger partial charge in [0.2, 0.25) is 0 Å². The summed E-state index contributed by atoms with van der Waals surface area (Å²) in [5, 5.41) is 11.5. The summed E-state index contributed by atoms with van der Waals surface area (Å²) in [4.78, 5) is 36.0. The Bertz CT molecular complexity index is 1280. The smallest absolute Gasteiger partial charge is 0.296 e. The highest BCUT2D eigenvalue weighted by Crippen LogP contribution is 2.47. The molecule has 174 valence electrons. The molecule has 4 rings (SSSR count). The first-order valence-corrected chi connectivity index (χ1v) is 10.8. The van der Waals surface area contributed by atoms with Crippen molar-refractivity contribution in [2.45, 2.75) is 12.6 Å². The van der Waals surface area contributed by atoms with Crippen LogP contribution in [-0.4, -0.2) is 45.9 Å². The van der Waals surface area contributed by atoms with Gasteiger partial charge in [-0.2, -0.15) is 0 Å². The predicted molar refractivity (Wildman–Crippen MR) is 126 cm³/mol. The van der Waals surface area contributed by atoms with E-state index in [0.717, 1.165) is 0 Å². The van der Waals surface area contributed by atoms with Gasteiger partial charge in [0.15, 0.2) is 11.5 Å². The van der Waals surface area contributed by atoms with Crippen LogP contribution in [0, 0.1) is 0 Å². The highest BCUT2D eigenvalue weighted by atomic mass is 35.5. The molecule has 0 bridgehead atoms. The van der Waals surface area contributed by atoms with Crippen LogP contribution in [0.25, 0.3) is 5.76 Å². The Labute approximate surface area is 205 Å². The van der Waals surface area contributed by atoms with Gasteiger partial charge in [0, 0.05) is 18.6 Å². The summed E-state index contributed by atoms with van der Waals surface area (Å²) in [7, 11) is 2.74. The highest BCUT2D eigenvalue weighted by molar-refractivity contribution is 6.47. The number of aromatic nitrogens is 2. The number of pyridine rings is 2. The normalized spacial score (nSPS) is 17.2. The van der Waals surface area contributed by atoms with E-state index in [2.05, 4.69) is 9.97 Å². The number of hydrogen-bond donors (Lipinski definition) is 1. The molecule has 1 fully saturated rings. The number of aliphatic hydroxyl groups is 1. The van der Waals surface area contributed by atoms with Crippen LogP contribution < -0.4 is 9.47 Å². The minimum Gasteiger partial charge on any atom is -0.507 e. The molecule has 0 saturated carbocycles. The molecule has 1 aliphatic heterocycles. The number of rotatable bonds is 6. The van der Waals surface area contributed by atoms with Gasteiger partial charge in [-0.25, -0.2) is 0 Å². The molecule has 1 aromatic carbocycles. The lowest BCUT2D eigenvalue weighted by molar-refractivity contribution is -0.140. The largest absolute Gasteiger partial charge is 0.507 e. The van der Waals surface area contributed by atoms with E-state index in [1.54, 1.807) is 42.7 Å². The topological polar surface area (TPSA) is 102 Å². The predicted octanol–water partition coefficient (Wildman–Crippen LogP) is 4.42. The molecule has 2 aromatic heterocycles. The standard InChI is InChI=1S/C24H19Cl2N3O5/c1-33-22-15(10-16(25)23(34-2)18(22)26)20(30)17-19(13-6-5-8-27-11-13)29(24(32)21(17)31)12-14-7-3-4-9-28-14/h3-11,19,30H,12H2,1-2H3/b20-17+. The minimum absolute atomic E-state index is 0.0136. The lowest BCUT2D eigenvalue weighted by Gasteiger charge is -2.25. The summed E-state index contributed by atoms with van der Waals surface area (Å²) >= 11 is 12.7. The summed E-state index contributed by atoms with van der Waals surface area (Å²) < 4.78 is 10.6. The van der Waals surface area contributed by atoms with Crippen molar-refractivity contribution in [1.29, 1.82) is 0 Å². The Morgan fingerprint density at radius 2 is 1.85 bits per heavy atom. The van der Waals surface area contributed by atoms with Crippen molar-refractivity contribution < 1.29 is 24.2 Å². The molecule has 1 aliphatic rings. The molecule has 3 heterocycles. The van der Waals surface area contributed by atoms with Crippen molar-refractivity contribution in [1.82, 2.24) is 14.9 Å². The van der Waals surface area contributed by atoms with Crippen molar-refractivity contribution in [2.75, 3.05) is 14.2 Å². The number of ether oxygens (including phenoxy) is 2. The highest BCUT2D eigenvalue weighted by Gasteiger charge is 2.46. The quantitative estimate of drug-likeness (QED) is 0.304. The molecule has 10 heteroatoms. The van der Waals surface area contributed by atoms with Crippen LogP contribution >= 0.6 is 23.2 Å². The number of ketones is 1. The van der Waals surface area contributed by atoms with E-state index < -0.39 is 23.5 Å². The number of hydrogen-bond acceptors (Lipinski definition) is 7. The Hall–Kier alpha value is -3.62. The summed E-state index contributed by atoms with van der Waals surface area (Å²) in [6, 6.07) is 9.11. The Balaban J connectivity index is 1.93. The molecule has 1 N–H and O–H groups in total. The first-order valence-electron chi connectivity index (χ1n) is 10.1. The van der Waals surface area contributed by atoms with Crippen molar-refractivity contribution in [3.05, 3.63) is 87.4 Å². The SMILES string of the molecule is COc1c(Cl)cc(/C(O)=C2\C(=O)C(=O)N(Cc3ccccn3)C2c2cccnc2)c(OC)c1Cl. The van der Waals surface area contributed by atoms with Crippen LogP contribution in [0.1, 0.15) is 22.9 Å². The molecule has 8 nitrogen and oxygen atoms in total. The number of Topliss-reactive ketones (excluding diaryl/α,β-unsaturated/α-hetero) is 1. The minimum atomic E-state index is -0.930. The van der Waals surface area contributed by atoms with E-state index in [0.29, 0.717) is 11.3 Å². The van der Waals surface area contributed by atoms with Crippen molar-refractivity contribution in [3.63, 3.8) is 0 Å². The molecule has 0 aliphatic carbocycles. The molecule has 0 spiro atoms. The second kappa shape index (κ2) is 9.70. The second-order valence-corrected chi connectivity index (χ2v) is 8.11. The summed E-state index contributed by atoms with van der Waals surface area (Å²) in [6.07, 6.45) is 4.69. The van der Waals surface area contributed by atoms with Crippen molar-refractivity contribution >= 4 is 40.7 Å². The van der Waals surface area contributed by atoms with E-state index in [1.807, 2.05) is 0 Å². The zero-order valence-corrected chi connectivity index (χ0v) is 19.7. The first-order chi connectivity index (χ1) is 16.4. The molecule has 1 atom stereocenters. The maximum absolute atomic E-state index is 13.2. The third-order valence-electron chi connectivity index (χ3n) is 5.39. The van der Waals surface area contributed by atoms with E-state index in [9.17, 15) is 14.7 Å². The third-order valence-corrected chi connectivity index (χ3v) is 6.02. The zero-order valence-electron chi connectivity index (χ0n) is 18.2. The van der Waals surface area contributed by atoms with Gasteiger partial charge < -0.3 is 19.5 Å². The fraction of sp³-hybridized carbons (Fsp3) is 0.167. The van der Waals surface area contributed by atoms with E-state index >= 15 is 0 Å². The van der Waals surface area contributed by atoms with E-state index in [-0.39, 0.29) is 39.2 Å². The van der Waals surface area contributed by atoms with Crippen LogP contribution in [0.5, 0.6) is 11.5 Å². The summed E-state index contributed by atoms with van der Waals surface area (Å²) in [6.45, 7) is 0.0447. The van der Waals surface area contributed by atoms with Crippen LogP contribution in [0.3, 0.4) is 0 Å². The molecule has 34 heavy (non-hydrogen) atoms. The van der Waals surface area contributed by atoms with Crippen LogP contribution in [-0.2, 0) is 16.1 Å². The summed E-state index contributed by atoms with van der Waals surface area (Å²) in [5.41, 5.74) is 1.00. The van der Waals surface area contributed by atoms with E-state index in [4.69, 9.17) is 32.7 Å². The fourth-order valence-electron chi connectivity index (χ4n) is 3.89. The molecular formula is C24H19Cl2N3O5. The maximum atomic E-state index is 13.2. The number of nitrogens with zero attached hydrogens (tertiary/aromatic N) is 3. The van der Waals surface area contributed by atoms with Gasteiger partial charge in [0.25, 0.3) is 11.7 Å². The van der Waals surface area contributed by atoms with Gasteiger partial charge in [-0.15, -0.1) is 0 Å². The number of aliphatic hydroxyl groups excluding tert-OH is 1. The van der Waals surface area contributed by atoms with Crippen LogP contribution in [0.15, 0.2) is 60.6 Å². The number of carbonyl (C=O) groups excluding carboxylic acids is 2. The monoisotopic (exact) mass is 499 g/mol. The average Bonchev–Trinajstić information content (AvgIpc) is 3.09. The Morgan fingerprint density at radius 3 is 2.47 bits per heavy atom. The number of halogens is 2. The molecule has 3 aromatic rings. The average molecular weight is 500 g/mol. The van der Waals surface area contributed by atoms with Gasteiger partial charge in [0.05, 0.1) is 48.7 Å². The zero-order chi connectivity index (χ0) is 24.4. The number of methoxy groups -OCH3 is 2. The summed E-state index contributed by atoms with van der Waals surface area (Å²) in [5.74, 6) is -1.95. The van der Waals surface area contributed by atoms with Gasteiger partial charge in [-0.3, -0.25) is 19.6 Å². The Morgan fingerprint density at radius 1 is 1.09 bits per heavy atom. The van der Waals surface area contributed by atoms with Gasteiger partial charge >= 0.3 is 0 Å². The lowest BCUT2D eigenvalue weighted by atomic mass is 9.96. The molecule has 1 amide bonds.